The fourth-order valence-electron chi connectivity index (χ4n) is 2.84. The molecule has 1 aromatic heterocycles. The third-order valence-corrected chi connectivity index (χ3v) is 5.12. The summed E-state index contributed by atoms with van der Waals surface area (Å²) < 4.78 is 5.84. The van der Waals surface area contributed by atoms with Gasteiger partial charge >= 0.3 is 0 Å². The molecule has 0 aliphatic rings. The van der Waals surface area contributed by atoms with Crippen molar-refractivity contribution >= 4 is 17.2 Å². The molecule has 1 amide bonds. The number of carbonyl (C=O) groups is 1. The molecule has 0 aliphatic carbocycles. The lowest BCUT2D eigenvalue weighted by Crippen LogP contribution is -2.34. The zero-order chi connectivity index (χ0) is 18.4. The Morgan fingerprint density at radius 1 is 1.00 bits per heavy atom. The Hall–Kier alpha value is -2.59. The number of nitrogens with one attached hydrogen (secondary N) is 1. The Morgan fingerprint density at radius 2 is 1.73 bits per heavy atom. The first-order chi connectivity index (χ1) is 12.6. The molecule has 1 atom stereocenters. The molecular weight excluding hydrogens is 342 g/mol. The minimum Gasteiger partial charge on any atom is -0.483 e. The van der Waals surface area contributed by atoms with Crippen molar-refractivity contribution in [2.24, 2.45) is 5.92 Å². The highest BCUT2D eigenvalue weighted by molar-refractivity contribution is 7.10. The molecule has 4 heteroatoms. The van der Waals surface area contributed by atoms with E-state index >= 15 is 0 Å². The van der Waals surface area contributed by atoms with E-state index in [9.17, 15) is 4.79 Å². The van der Waals surface area contributed by atoms with Crippen LogP contribution in [0.5, 0.6) is 5.75 Å². The van der Waals surface area contributed by atoms with Crippen molar-refractivity contribution in [3.63, 3.8) is 0 Å². The largest absolute Gasteiger partial charge is 0.483 e. The van der Waals surface area contributed by atoms with E-state index in [4.69, 9.17) is 4.74 Å². The zero-order valence-electron chi connectivity index (χ0n) is 15.0. The van der Waals surface area contributed by atoms with Crippen molar-refractivity contribution in [3.05, 3.63) is 77.0 Å². The molecule has 134 valence electrons. The van der Waals surface area contributed by atoms with Crippen LogP contribution < -0.4 is 10.1 Å². The van der Waals surface area contributed by atoms with Gasteiger partial charge in [-0.15, -0.1) is 11.3 Å². The molecule has 0 saturated heterocycles. The number of amides is 1. The monoisotopic (exact) mass is 365 g/mol. The summed E-state index contributed by atoms with van der Waals surface area (Å²) in [6, 6.07) is 21.9. The smallest absolute Gasteiger partial charge is 0.258 e. The second-order valence-electron chi connectivity index (χ2n) is 6.46. The van der Waals surface area contributed by atoms with E-state index in [-0.39, 0.29) is 18.6 Å². The van der Waals surface area contributed by atoms with Crippen molar-refractivity contribution < 1.29 is 9.53 Å². The summed E-state index contributed by atoms with van der Waals surface area (Å²) in [4.78, 5) is 13.6. The van der Waals surface area contributed by atoms with Crippen LogP contribution in [0, 0.1) is 5.92 Å². The highest BCUT2D eigenvalue weighted by Gasteiger charge is 2.19. The van der Waals surface area contributed by atoms with Gasteiger partial charge in [-0.3, -0.25) is 4.79 Å². The lowest BCUT2D eigenvalue weighted by Gasteiger charge is -2.21. The van der Waals surface area contributed by atoms with Crippen LogP contribution in [0.15, 0.2) is 72.1 Å². The zero-order valence-corrected chi connectivity index (χ0v) is 15.8. The highest BCUT2D eigenvalue weighted by atomic mass is 32.1. The van der Waals surface area contributed by atoms with E-state index < -0.39 is 0 Å². The highest BCUT2D eigenvalue weighted by Crippen LogP contribution is 2.30. The Labute approximate surface area is 158 Å². The van der Waals surface area contributed by atoms with Crippen LogP contribution in [-0.2, 0) is 4.79 Å². The minimum absolute atomic E-state index is 0.00155. The van der Waals surface area contributed by atoms with Crippen LogP contribution >= 0.6 is 11.3 Å². The number of para-hydroxylation sites is 1. The lowest BCUT2D eigenvalue weighted by atomic mass is 10.0. The van der Waals surface area contributed by atoms with Gasteiger partial charge in [-0.1, -0.05) is 68.4 Å². The van der Waals surface area contributed by atoms with Crippen molar-refractivity contribution in [1.82, 2.24) is 5.32 Å². The molecule has 0 aliphatic heterocycles. The molecule has 1 N–H and O–H groups in total. The molecule has 0 saturated carbocycles. The predicted molar refractivity (Wildman–Crippen MR) is 107 cm³/mol. The van der Waals surface area contributed by atoms with E-state index in [2.05, 4.69) is 25.2 Å². The second kappa shape index (κ2) is 8.68. The van der Waals surface area contributed by atoms with E-state index in [1.807, 2.05) is 66.0 Å². The van der Waals surface area contributed by atoms with Crippen LogP contribution in [0.1, 0.15) is 24.8 Å². The first-order valence-electron chi connectivity index (χ1n) is 8.75. The van der Waals surface area contributed by atoms with Gasteiger partial charge in [-0.05, 0) is 29.0 Å². The van der Waals surface area contributed by atoms with Gasteiger partial charge in [0.2, 0.25) is 0 Å². The molecule has 3 aromatic rings. The Morgan fingerprint density at radius 3 is 2.42 bits per heavy atom. The molecule has 0 unspecified atom stereocenters. The van der Waals surface area contributed by atoms with Gasteiger partial charge in [0, 0.05) is 10.4 Å². The van der Waals surface area contributed by atoms with Gasteiger partial charge in [0.1, 0.15) is 5.75 Å². The number of hydrogen-bond acceptors (Lipinski definition) is 3. The molecule has 3 rings (SSSR count). The average Bonchev–Trinajstić information content (AvgIpc) is 3.19. The fourth-order valence-corrected chi connectivity index (χ4v) is 3.79. The maximum absolute atomic E-state index is 12.4. The van der Waals surface area contributed by atoms with Crippen LogP contribution in [0.2, 0.25) is 0 Å². The summed E-state index contributed by atoms with van der Waals surface area (Å²) in [5, 5.41) is 5.13. The SMILES string of the molecule is CC(C)[C@@H](NC(=O)COc1ccccc1-c1ccccc1)c1cccs1. The van der Waals surface area contributed by atoms with Gasteiger partial charge in [0.05, 0.1) is 6.04 Å². The third-order valence-electron chi connectivity index (χ3n) is 4.16. The summed E-state index contributed by atoms with van der Waals surface area (Å²) in [7, 11) is 0. The summed E-state index contributed by atoms with van der Waals surface area (Å²) in [6.07, 6.45) is 0. The molecule has 0 radical (unpaired) electrons. The lowest BCUT2D eigenvalue weighted by molar-refractivity contribution is -0.124. The first kappa shape index (κ1) is 18.2. The number of rotatable bonds is 7. The van der Waals surface area contributed by atoms with Crippen LogP contribution in [0.3, 0.4) is 0 Å². The molecule has 26 heavy (non-hydrogen) atoms. The average molecular weight is 365 g/mol. The molecule has 0 spiro atoms. The molecular formula is C22H23NO2S. The first-order valence-corrected chi connectivity index (χ1v) is 9.63. The van der Waals surface area contributed by atoms with E-state index in [0.717, 1.165) is 16.0 Å². The second-order valence-corrected chi connectivity index (χ2v) is 7.43. The van der Waals surface area contributed by atoms with Crippen molar-refractivity contribution in [1.29, 1.82) is 0 Å². The van der Waals surface area contributed by atoms with Gasteiger partial charge in [-0.25, -0.2) is 0 Å². The van der Waals surface area contributed by atoms with E-state index in [1.165, 1.54) is 0 Å². The van der Waals surface area contributed by atoms with E-state index in [0.29, 0.717) is 11.7 Å². The molecule has 0 bridgehead atoms. The van der Waals surface area contributed by atoms with Gasteiger partial charge in [0.15, 0.2) is 6.61 Å². The summed E-state index contributed by atoms with van der Waals surface area (Å²) in [5.41, 5.74) is 2.06. The van der Waals surface area contributed by atoms with Crippen molar-refractivity contribution in [2.45, 2.75) is 19.9 Å². The maximum atomic E-state index is 12.4. The van der Waals surface area contributed by atoms with Crippen LogP contribution in [0.4, 0.5) is 0 Å². The van der Waals surface area contributed by atoms with Crippen molar-refractivity contribution in [2.75, 3.05) is 6.61 Å². The summed E-state index contributed by atoms with van der Waals surface area (Å²) >= 11 is 1.66. The van der Waals surface area contributed by atoms with Gasteiger partial charge in [0.25, 0.3) is 5.91 Å². The van der Waals surface area contributed by atoms with Gasteiger partial charge < -0.3 is 10.1 Å². The predicted octanol–water partition coefficient (Wildman–Crippen LogP) is 5.31. The number of hydrogen-bond donors (Lipinski definition) is 1. The molecule has 2 aromatic carbocycles. The Bertz CT molecular complexity index is 828. The quantitative estimate of drug-likeness (QED) is 0.616. The molecule has 0 fully saturated rings. The minimum atomic E-state index is -0.111. The van der Waals surface area contributed by atoms with Gasteiger partial charge in [-0.2, -0.15) is 0 Å². The van der Waals surface area contributed by atoms with E-state index in [1.54, 1.807) is 11.3 Å². The topological polar surface area (TPSA) is 38.3 Å². The Balaban J connectivity index is 1.67. The van der Waals surface area contributed by atoms with Crippen molar-refractivity contribution in [3.8, 4) is 16.9 Å². The Kier molecular flexibility index (Phi) is 6.08. The summed E-state index contributed by atoms with van der Waals surface area (Å²) in [5.74, 6) is 0.917. The molecule has 3 nitrogen and oxygen atoms in total. The van der Waals surface area contributed by atoms with Crippen LogP contribution in [-0.4, -0.2) is 12.5 Å². The maximum Gasteiger partial charge on any atom is 0.258 e. The fraction of sp³-hybridized carbons (Fsp3) is 0.227. The number of thiophene rings is 1. The number of carbonyl (C=O) groups excluding carboxylic acids is 1. The standard InChI is InChI=1S/C22H23NO2S/c1-16(2)22(20-13-8-14-26-20)23-21(24)15-25-19-12-7-6-11-18(19)17-9-4-3-5-10-17/h3-14,16,22H,15H2,1-2H3,(H,23,24)/t22-/m1/s1. The number of ether oxygens (including phenoxy) is 1. The normalized spacial score (nSPS) is 12.0. The van der Waals surface area contributed by atoms with Crippen LogP contribution in [0.25, 0.3) is 11.1 Å². The third kappa shape index (κ3) is 4.52. The molecule has 1 heterocycles. The number of benzene rings is 2. The summed E-state index contributed by atoms with van der Waals surface area (Å²) in [6.45, 7) is 4.21.